The molecule has 1 heterocycles. The number of ether oxygens (including phenoxy) is 3. The standard InChI is InChI=1S/C21H30F2O3/c1-3-14-6-9-17(25-12-14)16-7-4-15(5-8-16)13-26-19-11-10-18(24-2)20(22)21(19)23/h3,14-17H,1,4-13H2,2H3. The Morgan fingerprint density at radius 3 is 2.35 bits per heavy atom. The van der Waals surface area contributed by atoms with E-state index in [1.54, 1.807) is 0 Å². The third kappa shape index (κ3) is 4.48. The Balaban J connectivity index is 1.43. The maximum Gasteiger partial charge on any atom is 0.199 e. The molecule has 2 fully saturated rings. The molecule has 0 N–H and O–H groups in total. The van der Waals surface area contributed by atoms with E-state index in [9.17, 15) is 8.78 Å². The molecule has 0 amide bonds. The SMILES string of the molecule is C=CC1CCC(C2CCC(COC3=C(F)C(F)=C(OC)CC3)CC2)OC1. The van der Waals surface area contributed by atoms with Crippen LogP contribution in [0.4, 0.5) is 8.78 Å². The van der Waals surface area contributed by atoms with Gasteiger partial charge in [-0.3, -0.25) is 0 Å². The molecule has 2 unspecified atom stereocenters. The quantitative estimate of drug-likeness (QED) is 0.572. The first-order valence-corrected chi connectivity index (χ1v) is 9.81. The summed E-state index contributed by atoms with van der Waals surface area (Å²) < 4.78 is 44.3. The van der Waals surface area contributed by atoms with Crippen LogP contribution in [0.5, 0.6) is 0 Å². The molecule has 0 aromatic rings. The summed E-state index contributed by atoms with van der Waals surface area (Å²) in [6, 6.07) is 0. The van der Waals surface area contributed by atoms with Crippen molar-refractivity contribution in [2.75, 3.05) is 20.3 Å². The van der Waals surface area contributed by atoms with Gasteiger partial charge in [-0.2, -0.15) is 8.78 Å². The summed E-state index contributed by atoms with van der Waals surface area (Å²) >= 11 is 0. The van der Waals surface area contributed by atoms with Crippen LogP contribution in [0.3, 0.4) is 0 Å². The molecule has 2 aliphatic carbocycles. The molecule has 3 rings (SSSR count). The second-order valence-electron chi connectivity index (χ2n) is 7.72. The van der Waals surface area contributed by atoms with E-state index >= 15 is 0 Å². The number of allylic oxidation sites excluding steroid dienone is 4. The van der Waals surface area contributed by atoms with Gasteiger partial charge >= 0.3 is 0 Å². The van der Waals surface area contributed by atoms with Crippen molar-refractivity contribution >= 4 is 0 Å². The van der Waals surface area contributed by atoms with E-state index in [1.165, 1.54) is 13.5 Å². The summed E-state index contributed by atoms with van der Waals surface area (Å²) in [6.45, 7) is 5.12. The van der Waals surface area contributed by atoms with Crippen molar-refractivity contribution in [1.29, 1.82) is 0 Å². The Bertz CT molecular complexity index is 554. The van der Waals surface area contributed by atoms with E-state index in [0.29, 0.717) is 43.3 Å². The zero-order chi connectivity index (χ0) is 18.5. The Kier molecular flexibility index (Phi) is 6.74. The molecule has 3 nitrogen and oxygen atoms in total. The lowest BCUT2D eigenvalue weighted by Crippen LogP contribution is -2.34. The molecule has 0 aromatic carbocycles. The van der Waals surface area contributed by atoms with E-state index in [4.69, 9.17) is 14.2 Å². The average molecular weight is 368 g/mol. The fraction of sp³-hybridized carbons (Fsp3) is 0.714. The highest BCUT2D eigenvalue weighted by atomic mass is 19.2. The van der Waals surface area contributed by atoms with Gasteiger partial charge < -0.3 is 14.2 Å². The van der Waals surface area contributed by atoms with E-state index in [1.807, 2.05) is 6.08 Å². The molecule has 5 heteroatoms. The first-order chi connectivity index (χ1) is 12.6. The predicted molar refractivity (Wildman–Crippen MR) is 96.6 cm³/mol. The minimum Gasteiger partial charge on any atom is -0.498 e. The van der Waals surface area contributed by atoms with E-state index in [2.05, 4.69) is 6.58 Å². The molecule has 0 aromatic heterocycles. The highest BCUT2D eigenvalue weighted by Gasteiger charge is 2.32. The van der Waals surface area contributed by atoms with Crippen LogP contribution >= 0.6 is 0 Å². The van der Waals surface area contributed by atoms with Crippen molar-refractivity contribution in [3.8, 4) is 0 Å². The monoisotopic (exact) mass is 368 g/mol. The van der Waals surface area contributed by atoms with Gasteiger partial charge in [0.1, 0.15) is 11.5 Å². The van der Waals surface area contributed by atoms with Crippen molar-refractivity contribution in [2.24, 2.45) is 17.8 Å². The van der Waals surface area contributed by atoms with Gasteiger partial charge in [-0.05, 0) is 50.4 Å². The van der Waals surface area contributed by atoms with E-state index in [-0.39, 0.29) is 11.5 Å². The summed E-state index contributed by atoms with van der Waals surface area (Å²) in [6.07, 6.45) is 9.75. The Morgan fingerprint density at radius 2 is 1.73 bits per heavy atom. The lowest BCUT2D eigenvalue weighted by molar-refractivity contribution is -0.0513. The topological polar surface area (TPSA) is 27.7 Å². The zero-order valence-electron chi connectivity index (χ0n) is 15.6. The van der Waals surface area contributed by atoms with Gasteiger partial charge in [-0.25, -0.2) is 0 Å². The van der Waals surface area contributed by atoms with E-state index in [0.717, 1.165) is 38.7 Å². The number of hydrogen-bond acceptors (Lipinski definition) is 3. The zero-order valence-corrected chi connectivity index (χ0v) is 15.6. The number of rotatable bonds is 6. The number of methoxy groups -OCH3 is 1. The third-order valence-electron chi connectivity index (χ3n) is 6.10. The van der Waals surface area contributed by atoms with Crippen molar-refractivity contribution < 1.29 is 23.0 Å². The number of halogens is 2. The average Bonchev–Trinajstić information content (AvgIpc) is 2.70. The lowest BCUT2D eigenvalue weighted by Gasteiger charge is -2.37. The predicted octanol–water partition coefficient (Wildman–Crippen LogP) is 5.59. The highest BCUT2D eigenvalue weighted by Crippen LogP contribution is 2.38. The second-order valence-corrected chi connectivity index (χ2v) is 7.72. The second kappa shape index (κ2) is 9.03. The first-order valence-electron chi connectivity index (χ1n) is 9.81. The largest absolute Gasteiger partial charge is 0.498 e. The van der Waals surface area contributed by atoms with Crippen LogP contribution in [0.2, 0.25) is 0 Å². The molecule has 1 saturated heterocycles. The third-order valence-corrected chi connectivity index (χ3v) is 6.10. The van der Waals surface area contributed by atoms with Gasteiger partial charge in [0, 0.05) is 18.8 Å². The van der Waals surface area contributed by atoms with Crippen LogP contribution in [0.15, 0.2) is 35.8 Å². The summed E-state index contributed by atoms with van der Waals surface area (Å²) in [5.74, 6) is -0.0705. The fourth-order valence-corrected chi connectivity index (χ4v) is 4.31. The van der Waals surface area contributed by atoms with Crippen LogP contribution in [-0.2, 0) is 14.2 Å². The Hall–Kier alpha value is -1.36. The van der Waals surface area contributed by atoms with Crippen LogP contribution in [-0.4, -0.2) is 26.4 Å². The van der Waals surface area contributed by atoms with Crippen LogP contribution in [0.25, 0.3) is 0 Å². The Morgan fingerprint density at radius 1 is 1.04 bits per heavy atom. The van der Waals surface area contributed by atoms with Crippen molar-refractivity contribution in [3.63, 3.8) is 0 Å². The maximum absolute atomic E-state index is 14.0. The first kappa shape index (κ1) is 19.4. The van der Waals surface area contributed by atoms with Gasteiger partial charge in [-0.1, -0.05) is 6.08 Å². The van der Waals surface area contributed by atoms with Gasteiger partial charge in [-0.15, -0.1) is 6.58 Å². The minimum atomic E-state index is -0.912. The highest BCUT2D eigenvalue weighted by molar-refractivity contribution is 5.29. The molecular weight excluding hydrogens is 338 g/mol. The summed E-state index contributed by atoms with van der Waals surface area (Å²) in [4.78, 5) is 0. The van der Waals surface area contributed by atoms with Gasteiger partial charge in [0.2, 0.25) is 0 Å². The van der Waals surface area contributed by atoms with Crippen molar-refractivity contribution in [2.45, 2.75) is 57.5 Å². The van der Waals surface area contributed by atoms with Gasteiger partial charge in [0.15, 0.2) is 11.7 Å². The molecule has 1 aliphatic heterocycles. The normalized spacial score (nSPS) is 33.2. The minimum absolute atomic E-state index is 0.0709. The van der Waals surface area contributed by atoms with Gasteiger partial charge in [0.05, 0.1) is 26.4 Å². The molecule has 1 saturated carbocycles. The Labute approximate surface area is 155 Å². The summed E-state index contributed by atoms with van der Waals surface area (Å²) in [5, 5.41) is 0. The fourth-order valence-electron chi connectivity index (χ4n) is 4.31. The molecule has 146 valence electrons. The van der Waals surface area contributed by atoms with Crippen LogP contribution < -0.4 is 0 Å². The van der Waals surface area contributed by atoms with E-state index < -0.39 is 11.7 Å². The molecule has 0 bridgehead atoms. The maximum atomic E-state index is 14.0. The van der Waals surface area contributed by atoms with Crippen LogP contribution in [0.1, 0.15) is 51.4 Å². The summed E-state index contributed by atoms with van der Waals surface area (Å²) in [5.41, 5.74) is 0. The molecule has 0 radical (unpaired) electrons. The van der Waals surface area contributed by atoms with Crippen molar-refractivity contribution in [3.05, 3.63) is 35.8 Å². The smallest absolute Gasteiger partial charge is 0.199 e. The number of hydrogen-bond donors (Lipinski definition) is 0. The molecule has 0 spiro atoms. The molecule has 2 atom stereocenters. The van der Waals surface area contributed by atoms with Crippen molar-refractivity contribution in [1.82, 2.24) is 0 Å². The molecule has 3 aliphatic rings. The van der Waals surface area contributed by atoms with Gasteiger partial charge in [0.25, 0.3) is 0 Å². The molecule has 26 heavy (non-hydrogen) atoms. The van der Waals surface area contributed by atoms with Crippen LogP contribution in [0, 0.1) is 17.8 Å². The summed E-state index contributed by atoms with van der Waals surface area (Å²) in [7, 11) is 1.36. The molecular formula is C21H30F2O3. The lowest BCUT2D eigenvalue weighted by atomic mass is 9.77.